The van der Waals surface area contributed by atoms with E-state index in [4.69, 9.17) is 0 Å². The van der Waals surface area contributed by atoms with Gasteiger partial charge in [0.2, 0.25) is 0 Å². The molecule has 0 aliphatic heterocycles. The fraction of sp³-hybridized carbons (Fsp3) is 0.353. The number of carbonyl (C=O) groups excluding carboxylic acids is 1. The van der Waals surface area contributed by atoms with E-state index in [0.29, 0.717) is 0 Å². The van der Waals surface area contributed by atoms with Crippen LogP contribution in [0.3, 0.4) is 0 Å². The average Bonchev–Trinajstić information content (AvgIpc) is 2.49. The number of carbonyl (C=O) groups is 1. The molecule has 1 saturated carbocycles. The number of anilines is 1. The number of urea groups is 1. The highest BCUT2D eigenvalue weighted by Crippen LogP contribution is 2.20. The number of benzene rings is 2. The van der Waals surface area contributed by atoms with Gasteiger partial charge in [-0.25, -0.2) is 4.79 Å². The lowest BCUT2D eigenvalue weighted by molar-refractivity contribution is 0.118. The van der Waals surface area contributed by atoms with Crippen LogP contribution in [0.15, 0.2) is 42.5 Å². The zero-order chi connectivity index (χ0) is 14.7. The summed E-state index contributed by atoms with van der Waals surface area (Å²) in [6, 6.07) is 13.9. The highest BCUT2D eigenvalue weighted by atomic mass is 16.3. The Kier molecular flexibility index (Phi) is 4.06. The third-order valence-electron chi connectivity index (χ3n) is 4.04. The van der Waals surface area contributed by atoms with Crippen molar-refractivity contribution in [3.8, 4) is 0 Å². The smallest absolute Gasteiger partial charge is 0.319 e. The fourth-order valence-electron chi connectivity index (χ4n) is 2.84. The van der Waals surface area contributed by atoms with Gasteiger partial charge in [-0.2, -0.15) is 0 Å². The van der Waals surface area contributed by atoms with Gasteiger partial charge in [-0.15, -0.1) is 0 Å². The first-order chi connectivity index (χ1) is 10.2. The minimum Gasteiger partial charge on any atom is -0.393 e. The maximum absolute atomic E-state index is 12.0. The van der Waals surface area contributed by atoms with Crippen molar-refractivity contribution in [3.05, 3.63) is 42.5 Å². The predicted molar refractivity (Wildman–Crippen MR) is 84.4 cm³/mol. The Morgan fingerprint density at radius 1 is 1.00 bits per heavy atom. The first kappa shape index (κ1) is 13.9. The van der Waals surface area contributed by atoms with E-state index in [1.807, 2.05) is 42.5 Å². The van der Waals surface area contributed by atoms with Crippen molar-refractivity contribution >= 4 is 22.5 Å². The molecule has 0 radical (unpaired) electrons. The Balaban J connectivity index is 1.60. The van der Waals surface area contributed by atoms with Gasteiger partial charge < -0.3 is 15.7 Å². The third-order valence-corrected chi connectivity index (χ3v) is 4.04. The zero-order valence-corrected chi connectivity index (χ0v) is 11.9. The van der Waals surface area contributed by atoms with Gasteiger partial charge in [-0.3, -0.25) is 0 Å². The normalized spacial score (nSPS) is 22.0. The lowest BCUT2D eigenvalue weighted by atomic mass is 9.93. The summed E-state index contributed by atoms with van der Waals surface area (Å²) in [6.07, 6.45) is 3.01. The Bertz CT molecular complexity index is 633. The number of fused-ring (bicyclic) bond motifs is 1. The molecule has 0 aromatic heterocycles. The molecule has 0 saturated heterocycles. The molecule has 1 aliphatic carbocycles. The van der Waals surface area contributed by atoms with Crippen LogP contribution in [0.4, 0.5) is 10.5 Å². The molecule has 2 aromatic rings. The predicted octanol–water partition coefficient (Wildman–Crippen LogP) is 3.26. The van der Waals surface area contributed by atoms with Crippen molar-refractivity contribution < 1.29 is 9.90 Å². The Morgan fingerprint density at radius 3 is 2.48 bits per heavy atom. The lowest BCUT2D eigenvalue weighted by Crippen LogP contribution is -2.40. The summed E-state index contributed by atoms with van der Waals surface area (Å²) >= 11 is 0. The summed E-state index contributed by atoms with van der Waals surface area (Å²) in [5, 5.41) is 17.6. The quantitative estimate of drug-likeness (QED) is 0.792. The molecule has 2 amide bonds. The van der Waals surface area contributed by atoms with Gasteiger partial charge in [-0.1, -0.05) is 30.3 Å². The van der Waals surface area contributed by atoms with Crippen LogP contribution < -0.4 is 10.6 Å². The largest absolute Gasteiger partial charge is 0.393 e. The van der Waals surface area contributed by atoms with Crippen molar-refractivity contribution in [2.24, 2.45) is 0 Å². The molecule has 3 rings (SSSR count). The van der Waals surface area contributed by atoms with Gasteiger partial charge in [0, 0.05) is 11.7 Å². The molecular weight excluding hydrogens is 264 g/mol. The fourth-order valence-corrected chi connectivity index (χ4v) is 2.84. The maximum atomic E-state index is 12.0. The van der Waals surface area contributed by atoms with Gasteiger partial charge >= 0.3 is 6.03 Å². The van der Waals surface area contributed by atoms with Crippen LogP contribution in [0.25, 0.3) is 10.8 Å². The van der Waals surface area contributed by atoms with Crippen molar-refractivity contribution in [1.29, 1.82) is 0 Å². The topological polar surface area (TPSA) is 61.4 Å². The van der Waals surface area contributed by atoms with Crippen molar-refractivity contribution in [2.45, 2.75) is 37.8 Å². The minimum atomic E-state index is -0.202. The molecule has 0 bridgehead atoms. The molecule has 0 heterocycles. The molecule has 1 aliphatic rings. The van der Waals surface area contributed by atoms with Crippen LogP contribution in [0.2, 0.25) is 0 Å². The number of nitrogens with one attached hydrogen (secondary N) is 2. The molecule has 4 heteroatoms. The Hall–Kier alpha value is -2.07. The molecule has 4 nitrogen and oxygen atoms in total. The first-order valence-electron chi connectivity index (χ1n) is 7.45. The van der Waals surface area contributed by atoms with Crippen LogP contribution in [0, 0.1) is 0 Å². The van der Waals surface area contributed by atoms with E-state index >= 15 is 0 Å². The molecule has 2 aromatic carbocycles. The van der Waals surface area contributed by atoms with Crippen LogP contribution in [0.1, 0.15) is 25.7 Å². The number of hydrogen-bond donors (Lipinski definition) is 3. The van der Waals surface area contributed by atoms with Crippen molar-refractivity contribution in [3.63, 3.8) is 0 Å². The highest BCUT2D eigenvalue weighted by Gasteiger charge is 2.20. The van der Waals surface area contributed by atoms with Crippen LogP contribution in [-0.4, -0.2) is 23.3 Å². The maximum Gasteiger partial charge on any atom is 0.319 e. The van der Waals surface area contributed by atoms with Gasteiger partial charge in [0.05, 0.1) is 6.10 Å². The van der Waals surface area contributed by atoms with E-state index < -0.39 is 0 Å². The van der Waals surface area contributed by atoms with E-state index in [1.165, 1.54) is 0 Å². The number of rotatable bonds is 2. The zero-order valence-electron chi connectivity index (χ0n) is 11.9. The van der Waals surface area contributed by atoms with Crippen molar-refractivity contribution in [1.82, 2.24) is 5.32 Å². The number of amides is 2. The van der Waals surface area contributed by atoms with Gasteiger partial charge in [0.25, 0.3) is 0 Å². The van der Waals surface area contributed by atoms with E-state index in [9.17, 15) is 9.90 Å². The highest BCUT2D eigenvalue weighted by molar-refractivity contribution is 5.93. The molecule has 21 heavy (non-hydrogen) atoms. The monoisotopic (exact) mass is 284 g/mol. The summed E-state index contributed by atoms with van der Waals surface area (Å²) < 4.78 is 0. The Morgan fingerprint density at radius 2 is 1.71 bits per heavy atom. The number of hydrogen-bond acceptors (Lipinski definition) is 2. The second-order valence-corrected chi connectivity index (χ2v) is 5.67. The molecule has 0 spiro atoms. The standard InChI is InChI=1S/C17H20N2O2/c20-16-9-7-14(8-10-16)18-17(21)19-15-6-5-12-3-1-2-4-13(12)11-15/h1-6,11,14,16,20H,7-10H2,(H2,18,19,21). The van der Waals surface area contributed by atoms with Gasteiger partial charge in [-0.05, 0) is 48.6 Å². The third kappa shape index (κ3) is 3.52. The number of aliphatic hydroxyl groups excluding tert-OH is 1. The van der Waals surface area contributed by atoms with Crippen molar-refractivity contribution in [2.75, 3.05) is 5.32 Å². The second kappa shape index (κ2) is 6.14. The van der Waals surface area contributed by atoms with E-state index in [1.54, 1.807) is 0 Å². The molecule has 110 valence electrons. The molecule has 0 unspecified atom stereocenters. The van der Waals surface area contributed by atoms with Gasteiger partial charge in [0.15, 0.2) is 0 Å². The molecule has 1 fully saturated rings. The average molecular weight is 284 g/mol. The van der Waals surface area contributed by atoms with Crippen LogP contribution >= 0.6 is 0 Å². The summed E-state index contributed by atoms with van der Waals surface area (Å²) in [6.45, 7) is 0. The summed E-state index contributed by atoms with van der Waals surface area (Å²) in [5.74, 6) is 0. The molecule has 0 atom stereocenters. The van der Waals surface area contributed by atoms with Crippen LogP contribution in [-0.2, 0) is 0 Å². The minimum absolute atomic E-state index is 0.161. The van der Waals surface area contributed by atoms with E-state index in [-0.39, 0.29) is 18.2 Å². The van der Waals surface area contributed by atoms with E-state index in [0.717, 1.165) is 42.1 Å². The summed E-state index contributed by atoms with van der Waals surface area (Å²) in [7, 11) is 0. The van der Waals surface area contributed by atoms with Crippen LogP contribution in [0.5, 0.6) is 0 Å². The molecule has 3 N–H and O–H groups in total. The molecular formula is C17H20N2O2. The second-order valence-electron chi connectivity index (χ2n) is 5.67. The number of aliphatic hydroxyl groups is 1. The van der Waals surface area contributed by atoms with E-state index in [2.05, 4.69) is 10.6 Å². The first-order valence-corrected chi connectivity index (χ1v) is 7.45. The summed E-state index contributed by atoms with van der Waals surface area (Å²) in [4.78, 5) is 12.0. The van der Waals surface area contributed by atoms with Gasteiger partial charge in [0.1, 0.15) is 0 Å². The lowest BCUT2D eigenvalue weighted by Gasteiger charge is -2.26. The SMILES string of the molecule is O=C(Nc1ccc2ccccc2c1)NC1CCC(O)CC1. The summed E-state index contributed by atoms with van der Waals surface area (Å²) in [5.41, 5.74) is 0.794. The Labute approximate surface area is 124 Å².